The molecule has 2 aromatic heterocycles. The van der Waals surface area contributed by atoms with Gasteiger partial charge in [0, 0.05) is 36.3 Å². The first-order valence-corrected chi connectivity index (χ1v) is 9.05. The lowest BCUT2D eigenvalue weighted by Gasteiger charge is -2.20. The van der Waals surface area contributed by atoms with Crippen LogP contribution in [0.4, 0.5) is 8.78 Å². The van der Waals surface area contributed by atoms with Gasteiger partial charge in [0.15, 0.2) is 0 Å². The van der Waals surface area contributed by atoms with E-state index in [-0.39, 0.29) is 17.6 Å². The van der Waals surface area contributed by atoms with Crippen LogP contribution in [-0.4, -0.2) is 9.97 Å². The van der Waals surface area contributed by atoms with E-state index in [4.69, 9.17) is 0 Å². The van der Waals surface area contributed by atoms with Crippen LogP contribution >= 0.6 is 0 Å². The van der Waals surface area contributed by atoms with Crippen LogP contribution in [0.1, 0.15) is 22.6 Å². The smallest absolute Gasteiger partial charge is 0.131 e. The highest BCUT2D eigenvalue weighted by molar-refractivity contribution is 5.68. The van der Waals surface area contributed by atoms with Crippen molar-refractivity contribution in [3.63, 3.8) is 0 Å². The Bertz CT molecular complexity index is 1030. The van der Waals surface area contributed by atoms with Gasteiger partial charge in [-0.2, -0.15) is 0 Å². The predicted octanol–water partition coefficient (Wildman–Crippen LogP) is 5.80. The van der Waals surface area contributed by atoms with Crippen molar-refractivity contribution in [1.82, 2.24) is 9.97 Å². The third-order valence-corrected chi connectivity index (χ3v) is 4.83. The van der Waals surface area contributed by atoms with Crippen LogP contribution < -0.4 is 0 Å². The highest BCUT2D eigenvalue weighted by Crippen LogP contribution is 2.33. The molecule has 0 aliphatic carbocycles. The fourth-order valence-corrected chi connectivity index (χ4v) is 3.47. The molecule has 0 radical (unpaired) electrons. The molecule has 0 saturated carbocycles. The number of hydrogen-bond acceptors (Lipinski definition) is 2. The predicted molar refractivity (Wildman–Crippen MR) is 106 cm³/mol. The summed E-state index contributed by atoms with van der Waals surface area (Å²) in [6, 6.07) is 18.8. The largest absolute Gasteiger partial charge is 0.264 e. The molecule has 28 heavy (non-hydrogen) atoms. The normalized spacial score (nSPS) is 11.0. The fourth-order valence-electron chi connectivity index (χ4n) is 3.47. The van der Waals surface area contributed by atoms with Gasteiger partial charge in [0.05, 0.1) is 0 Å². The Labute approximate surface area is 162 Å². The van der Waals surface area contributed by atoms with Crippen LogP contribution in [0.25, 0.3) is 11.1 Å². The van der Waals surface area contributed by atoms with E-state index in [1.165, 1.54) is 18.2 Å². The van der Waals surface area contributed by atoms with Crippen LogP contribution in [0.5, 0.6) is 0 Å². The van der Waals surface area contributed by atoms with Crippen molar-refractivity contribution in [1.29, 1.82) is 0 Å². The molecule has 0 atom stereocenters. The molecular weight excluding hydrogens is 354 g/mol. The third kappa shape index (κ3) is 3.81. The van der Waals surface area contributed by atoms with E-state index in [0.717, 1.165) is 16.7 Å². The Balaban J connectivity index is 1.81. The molecular formula is C24H18F2N2. The van der Waals surface area contributed by atoms with Gasteiger partial charge < -0.3 is 0 Å². The molecule has 4 rings (SSSR count). The van der Waals surface area contributed by atoms with Gasteiger partial charge in [-0.05, 0) is 59.0 Å². The Morgan fingerprint density at radius 2 is 1.39 bits per heavy atom. The van der Waals surface area contributed by atoms with E-state index in [1.54, 1.807) is 36.7 Å². The molecule has 138 valence electrons. The summed E-state index contributed by atoms with van der Waals surface area (Å²) in [4.78, 5) is 8.48. The molecule has 0 fully saturated rings. The molecule has 0 unspecified atom stereocenters. The van der Waals surface area contributed by atoms with Gasteiger partial charge in [0.25, 0.3) is 0 Å². The first-order chi connectivity index (χ1) is 13.7. The standard InChI is InChI=1S/C24H18F2N2/c25-20-10-9-17(23(14-20)21-7-1-2-8-24(21)26)13-22(18-5-3-11-27-15-18)19-6-4-12-28-16-19/h1-12,14-16,22H,13H2. The molecule has 2 aromatic carbocycles. The summed E-state index contributed by atoms with van der Waals surface area (Å²) in [5, 5.41) is 0. The van der Waals surface area contributed by atoms with Crippen molar-refractivity contribution < 1.29 is 8.78 Å². The molecule has 0 bridgehead atoms. The second-order valence-electron chi connectivity index (χ2n) is 6.61. The average Bonchev–Trinajstić information content (AvgIpc) is 2.74. The maximum Gasteiger partial charge on any atom is 0.131 e. The quantitative estimate of drug-likeness (QED) is 0.443. The van der Waals surface area contributed by atoms with E-state index < -0.39 is 0 Å². The van der Waals surface area contributed by atoms with Crippen molar-refractivity contribution in [3.8, 4) is 11.1 Å². The summed E-state index contributed by atoms with van der Waals surface area (Å²) in [6.07, 6.45) is 7.67. The Morgan fingerprint density at radius 1 is 0.714 bits per heavy atom. The topological polar surface area (TPSA) is 25.8 Å². The lowest BCUT2D eigenvalue weighted by Crippen LogP contribution is -2.07. The number of benzene rings is 2. The van der Waals surface area contributed by atoms with Gasteiger partial charge in [-0.3, -0.25) is 9.97 Å². The van der Waals surface area contributed by atoms with E-state index in [0.29, 0.717) is 17.5 Å². The van der Waals surface area contributed by atoms with Crippen molar-refractivity contribution in [2.24, 2.45) is 0 Å². The molecule has 4 heteroatoms. The number of pyridine rings is 2. The number of hydrogen-bond donors (Lipinski definition) is 0. The summed E-state index contributed by atoms with van der Waals surface area (Å²) < 4.78 is 28.4. The van der Waals surface area contributed by atoms with Gasteiger partial charge >= 0.3 is 0 Å². The molecule has 0 N–H and O–H groups in total. The van der Waals surface area contributed by atoms with Gasteiger partial charge in [-0.25, -0.2) is 8.78 Å². The molecule has 0 aliphatic rings. The maximum absolute atomic E-state index is 14.4. The molecule has 0 spiro atoms. The fraction of sp³-hybridized carbons (Fsp3) is 0.0833. The highest BCUT2D eigenvalue weighted by atomic mass is 19.1. The Hall–Kier alpha value is -3.40. The second-order valence-corrected chi connectivity index (χ2v) is 6.61. The summed E-state index contributed by atoms with van der Waals surface area (Å²) in [7, 11) is 0. The Morgan fingerprint density at radius 3 is 2.00 bits per heavy atom. The monoisotopic (exact) mass is 372 g/mol. The van der Waals surface area contributed by atoms with E-state index in [2.05, 4.69) is 9.97 Å². The minimum Gasteiger partial charge on any atom is -0.264 e. The minimum atomic E-state index is -0.388. The molecule has 0 amide bonds. The lowest BCUT2D eigenvalue weighted by molar-refractivity contribution is 0.623. The van der Waals surface area contributed by atoms with Crippen molar-refractivity contribution in [2.75, 3.05) is 0 Å². The second kappa shape index (κ2) is 8.09. The van der Waals surface area contributed by atoms with E-state index in [9.17, 15) is 8.78 Å². The maximum atomic E-state index is 14.4. The van der Waals surface area contributed by atoms with Crippen molar-refractivity contribution in [2.45, 2.75) is 12.3 Å². The average molecular weight is 372 g/mol. The Kier molecular flexibility index (Phi) is 5.20. The van der Waals surface area contributed by atoms with E-state index in [1.807, 2.05) is 36.7 Å². The molecule has 2 nitrogen and oxygen atoms in total. The molecule has 0 aliphatic heterocycles. The van der Waals surface area contributed by atoms with Crippen molar-refractivity contribution >= 4 is 0 Å². The van der Waals surface area contributed by atoms with Gasteiger partial charge in [-0.15, -0.1) is 0 Å². The number of rotatable bonds is 5. The number of aromatic nitrogens is 2. The summed E-state index contributed by atoms with van der Waals surface area (Å²) in [6.45, 7) is 0. The zero-order valence-electron chi connectivity index (χ0n) is 15.1. The molecule has 2 heterocycles. The van der Waals surface area contributed by atoms with Gasteiger partial charge in [0.2, 0.25) is 0 Å². The third-order valence-electron chi connectivity index (χ3n) is 4.83. The summed E-state index contributed by atoms with van der Waals surface area (Å²) >= 11 is 0. The van der Waals surface area contributed by atoms with Gasteiger partial charge in [-0.1, -0.05) is 36.4 Å². The summed E-state index contributed by atoms with van der Waals surface area (Å²) in [5.74, 6) is -0.784. The van der Waals surface area contributed by atoms with Gasteiger partial charge in [0.1, 0.15) is 11.6 Å². The number of halogens is 2. The minimum absolute atomic E-state index is 0.0293. The van der Waals surface area contributed by atoms with Crippen LogP contribution in [0.2, 0.25) is 0 Å². The molecule has 0 saturated heterocycles. The lowest BCUT2D eigenvalue weighted by atomic mass is 9.85. The zero-order valence-corrected chi connectivity index (χ0v) is 15.1. The molecule has 4 aromatic rings. The number of nitrogens with zero attached hydrogens (tertiary/aromatic N) is 2. The van der Waals surface area contributed by atoms with Crippen molar-refractivity contribution in [3.05, 3.63) is 120 Å². The van der Waals surface area contributed by atoms with E-state index >= 15 is 0 Å². The zero-order chi connectivity index (χ0) is 19.3. The van der Waals surface area contributed by atoms with Crippen LogP contribution in [0.15, 0.2) is 91.5 Å². The van der Waals surface area contributed by atoms with Crippen LogP contribution in [0.3, 0.4) is 0 Å². The SMILES string of the molecule is Fc1ccc(CC(c2cccnc2)c2cccnc2)c(-c2ccccc2F)c1. The van der Waals surface area contributed by atoms with Crippen LogP contribution in [-0.2, 0) is 6.42 Å². The van der Waals surface area contributed by atoms with Crippen LogP contribution in [0, 0.1) is 11.6 Å². The summed E-state index contributed by atoms with van der Waals surface area (Å²) in [5.41, 5.74) is 3.88. The first-order valence-electron chi connectivity index (χ1n) is 9.05. The highest BCUT2D eigenvalue weighted by Gasteiger charge is 2.19. The first kappa shape index (κ1) is 18.0.